The van der Waals surface area contributed by atoms with Crippen molar-refractivity contribution in [3.05, 3.63) is 53.3 Å². The summed E-state index contributed by atoms with van der Waals surface area (Å²) in [5.41, 5.74) is 1.77. The number of nitrogens with zero attached hydrogens (tertiary/aromatic N) is 1. The zero-order chi connectivity index (χ0) is 13.8. The summed E-state index contributed by atoms with van der Waals surface area (Å²) in [6, 6.07) is 7.53. The number of phenolic OH excluding ortho intramolecular Hbond substituents is 2. The van der Waals surface area contributed by atoms with Gasteiger partial charge in [-0.25, -0.2) is 0 Å². The van der Waals surface area contributed by atoms with Gasteiger partial charge < -0.3 is 15.5 Å². The molecule has 0 aliphatic carbocycles. The van der Waals surface area contributed by atoms with Gasteiger partial charge in [-0.3, -0.25) is 9.78 Å². The Morgan fingerprint density at radius 2 is 2.11 bits per heavy atom. The summed E-state index contributed by atoms with van der Waals surface area (Å²) in [6.07, 6.45) is 1.65. The van der Waals surface area contributed by atoms with Crippen LogP contribution in [-0.4, -0.2) is 21.1 Å². The minimum atomic E-state index is -0.460. The van der Waals surface area contributed by atoms with Gasteiger partial charge in [-0.15, -0.1) is 0 Å². The number of carbonyl (C=O) groups excluding carboxylic acids is 1. The number of carbonyl (C=O) groups is 1. The Labute approximate surface area is 110 Å². The number of pyridine rings is 1. The van der Waals surface area contributed by atoms with Crippen molar-refractivity contribution in [1.29, 1.82) is 0 Å². The summed E-state index contributed by atoms with van der Waals surface area (Å²) in [5, 5.41) is 21.5. The van der Waals surface area contributed by atoms with Gasteiger partial charge in [-0.05, 0) is 36.8 Å². The van der Waals surface area contributed by atoms with Crippen LogP contribution in [0.2, 0.25) is 0 Å². The second-order valence-corrected chi connectivity index (χ2v) is 4.15. The maximum absolute atomic E-state index is 11.9. The number of phenols is 2. The second kappa shape index (κ2) is 5.39. The molecule has 3 N–H and O–H groups in total. The lowest BCUT2D eigenvalue weighted by Crippen LogP contribution is -2.23. The van der Waals surface area contributed by atoms with E-state index in [9.17, 15) is 15.0 Å². The largest absolute Gasteiger partial charge is 0.508 e. The van der Waals surface area contributed by atoms with Gasteiger partial charge in [-0.2, -0.15) is 0 Å². The highest BCUT2D eigenvalue weighted by atomic mass is 16.3. The predicted octanol–water partition coefficient (Wildman–Crippen LogP) is 1.73. The van der Waals surface area contributed by atoms with Crippen molar-refractivity contribution in [3.63, 3.8) is 0 Å². The minimum Gasteiger partial charge on any atom is -0.508 e. The van der Waals surface area contributed by atoms with Crippen LogP contribution < -0.4 is 5.32 Å². The standard InChI is InChI=1S/C14H14N2O3/c1-9-3-2-6-15-12(9)8-16-14(19)11-7-10(17)4-5-13(11)18/h2-7,17-18H,8H2,1H3,(H,16,19). The van der Waals surface area contributed by atoms with E-state index in [1.165, 1.54) is 18.2 Å². The number of amides is 1. The molecule has 5 nitrogen and oxygen atoms in total. The predicted molar refractivity (Wildman–Crippen MR) is 69.9 cm³/mol. The molecule has 0 saturated heterocycles. The molecule has 0 unspecified atom stereocenters. The lowest BCUT2D eigenvalue weighted by molar-refractivity contribution is 0.0947. The van der Waals surface area contributed by atoms with E-state index < -0.39 is 5.91 Å². The van der Waals surface area contributed by atoms with Crippen molar-refractivity contribution in [2.24, 2.45) is 0 Å². The monoisotopic (exact) mass is 258 g/mol. The van der Waals surface area contributed by atoms with Gasteiger partial charge in [0.25, 0.3) is 5.91 Å². The van der Waals surface area contributed by atoms with Gasteiger partial charge >= 0.3 is 0 Å². The first-order chi connectivity index (χ1) is 9.08. The van der Waals surface area contributed by atoms with Crippen molar-refractivity contribution in [2.75, 3.05) is 0 Å². The van der Waals surface area contributed by atoms with E-state index in [0.717, 1.165) is 11.3 Å². The average Bonchev–Trinajstić information content (AvgIpc) is 2.40. The number of hydrogen-bond donors (Lipinski definition) is 3. The Balaban J connectivity index is 2.10. The minimum absolute atomic E-state index is 0.0357. The molecule has 98 valence electrons. The van der Waals surface area contributed by atoms with E-state index in [0.29, 0.717) is 0 Å². The number of benzene rings is 1. The van der Waals surface area contributed by atoms with Gasteiger partial charge in [0.15, 0.2) is 0 Å². The summed E-state index contributed by atoms with van der Waals surface area (Å²) in [4.78, 5) is 16.0. The highest BCUT2D eigenvalue weighted by molar-refractivity contribution is 5.97. The Kier molecular flexibility index (Phi) is 3.66. The maximum Gasteiger partial charge on any atom is 0.255 e. The number of aromatic nitrogens is 1. The summed E-state index contributed by atoms with van der Waals surface area (Å²) >= 11 is 0. The molecule has 19 heavy (non-hydrogen) atoms. The summed E-state index contributed by atoms with van der Waals surface area (Å²) in [7, 11) is 0. The van der Waals surface area contributed by atoms with E-state index in [-0.39, 0.29) is 23.6 Å². The fourth-order valence-electron chi connectivity index (χ4n) is 1.67. The first-order valence-corrected chi connectivity index (χ1v) is 5.78. The molecule has 2 rings (SSSR count). The number of rotatable bonds is 3. The normalized spacial score (nSPS) is 10.2. The van der Waals surface area contributed by atoms with Crippen LogP contribution in [-0.2, 0) is 6.54 Å². The molecule has 1 amide bonds. The van der Waals surface area contributed by atoms with Crippen LogP contribution in [0.4, 0.5) is 0 Å². The summed E-state index contributed by atoms with van der Waals surface area (Å²) < 4.78 is 0. The molecule has 0 bridgehead atoms. The van der Waals surface area contributed by atoms with Crippen LogP contribution in [0.3, 0.4) is 0 Å². The van der Waals surface area contributed by atoms with Crippen molar-refractivity contribution in [1.82, 2.24) is 10.3 Å². The van der Waals surface area contributed by atoms with Crippen LogP contribution >= 0.6 is 0 Å². The van der Waals surface area contributed by atoms with E-state index in [4.69, 9.17) is 0 Å². The van der Waals surface area contributed by atoms with Gasteiger partial charge in [0, 0.05) is 6.20 Å². The van der Waals surface area contributed by atoms with Crippen LogP contribution in [0.5, 0.6) is 11.5 Å². The summed E-state index contributed by atoms with van der Waals surface area (Å²) in [6.45, 7) is 2.17. The molecular weight excluding hydrogens is 244 g/mol. The maximum atomic E-state index is 11.9. The molecule has 0 saturated carbocycles. The molecule has 0 spiro atoms. The molecule has 0 aliphatic heterocycles. The molecule has 0 aliphatic rings. The number of hydrogen-bond acceptors (Lipinski definition) is 4. The fourth-order valence-corrected chi connectivity index (χ4v) is 1.67. The first-order valence-electron chi connectivity index (χ1n) is 5.78. The van der Waals surface area contributed by atoms with E-state index in [1.807, 2.05) is 19.1 Å². The van der Waals surface area contributed by atoms with Crippen LogP contribution in [0.25, 0.3) is 0 Å². The van der Waals surface area contributed by atoms with E-state index >= 15 is 0 Å². The molecule has 5 heteroatoms. The van der Waals surface area contributed by atoms with Crippen LogP contribution in [0, 0.1) is 6.92 Å². The Bertz CT molecular complexity index is 611. The molecule has 0 atom stereocenters. The Morgan fingerprint density at radius 3 is 2.84 bits per heavy atom. The van der Waals surface area contributed by atoms with Crippen molar-refractivity contribution in [3.8, 4) is 11.5 Å². The SMILES string of the molecule is Cc1cccnc1CNC(=O)c1cc(O)ccc1O. The molecule has 1 aromatic heterocycles. The van der Waals surface area contributed by atoms with Crippen molar-refractivity contribution >= 4 is 5.91 Å². The van der Waals surface area contributed by atoms with Crippen molar-refractivity contribution < 1.29 is 15.0 Å². The highest BCUT2D eigenvalue weighted by Crippen LogP contribution is 2.21. The Hall–Kier alpha value is -2.56. The Morgan fingerprint density at radius 1 is 1.32 bits per heavy atom. The van der Waals surface area contributed by atoms with Crippen molar-refractivity contribution in [2.45, 2.75) is 13.5 Å². The molecule has 0 fully saturated rings. The third-order valence-electron chi connectivity index (χ3n) is 2.76. The molecule has 0 radical (unpaired) electrons. The second-order valence-electron chi connectivity index (χ2n) is 4.15. The topological polar surface area (TPSA) is 82.5 Å². The first kappa shape index (κ1) is 12.9. The van der Waals surface area contributed by atoms with Gasteiger partial charge in [0.1, 0.15) is 11.5 Å². The molecule has 2 aromatic rings. The van der Waals surface area contributed by atoms with Crippen LogP contribution in [0.15, 0.2) is 36.5 Å². The highest BCUT2D eigenvalue weighted by Gasteiger charge is 2.12. The van der Waals surface area contributed by atoms with E-state index in [1.54, 1.807) is 6.20 Å². The number of nitrogens with one attached hydrogen (secondary N) is 1. The van der Waals surface area contributed by atoms with Crippen LogP contribution in [0.1, 0.15) is 21.6 Å². The molecule has 1 aromatic carbocycles. The lowest BCUT2D eigenvalue weighted by Gasteiger charge is -2.08. The summed E-state index contributed by atoms with van der Waals surface area (Å²) in [5.74, 6) is -0.705. The van der Waals surface area contributed by atoms with Gasteiger partial charge in [0.05, 0.1) is 17.8 Å². The number of aryl methyl sites for hydroxylation is 1. The average molecular weight is 258 g/mol. The number of aromatic hydroxyl groups is 2. The quantitative estimate of drug-likeness (QED) is 0.732. The third kappa shape index (κ3) is 3.01. The zero-order valence-corrected chi connectivity index (χ0v) is 10.4. The fraction of sp³-hybridized carbons (Fsp3) is 0.143. The van der Waals surface area contributed by atoms with Gasteiger partial charge in [0.2, 0.25) is 0 Å². The zero-order valence-electron chi connectivity index (χ0n) is 10.4. The molecule has 1 heterocycles. The van der Waals surface area contributed by atoms with E-state index in [2.05, 4.69) is 10.3 Å². The third-order valence-corrected chi connectivity index (χ3v) is 2.76. The van der Waals surface area contributed by atoms with Gasteiger partial charge in [-0.1, -0.05) is 6.07 Å². The lowest BCUT2D eigenvalue weighted by atomic mass is 10.1. The molecular formula is C14H14N2O3. The smallest absolute Gasteiger partial charge is 0.255 e.